The maximum Gasteiger partial charge on any atom is 0.132 e. The number of aliphatic hydroxyl groups excluding tert-OH is 1. The standard InChI is InChI=1S/C17H21FN4O/c1-13-19-16(14-4-2-3-5-15(14)18)12-17(20-13)22-8-6-21(7-9-22)10-11-23/h2-5,12,23H,6-11H2,1H3. The lowest BCUT2D eigenvalue weighted by molar-refractivity contribution is 0.188. The van der Waals surface area contributed by atoms with Crippen LogP contribution in [0.1, 0.15) is 5.82 Å². The van der Waals surface area contributed by atoms with Crippen LogP contribution in [0.3, 0.4) is 0 Å². The first-order chi connectivity index (χ1) is 11.2. The van der Waals surface area contributed by atoms with Crippen molar-refractivity contribution in [1.82, 2.24) is 14.9 Å². The number of aromatic nitrogens is 2. The summed E-state index contributed by atoms with van der Waals surface area (Å²) in [6.45, 7) is 6.18. The van der Waals surface area contributed by atoms with E-state index in [0.29, 0.717) is 23.6 Å². The molecule has 0 atom stereocenters. The van der Waals surface area contributed by atoms with Crippen molar-refractivity contribution >= 4 is 5.82 Å². The molecule has 0 saturated carbocycles. The van der Waals surface area contributed by atoms with Crippen molar-refractivity contribution in [3.63, 3.8) is 0 Å². The second-order valence-corrected chi connectivity index (χ2v) is 5.69. The molecule has 0 radical (unpaired) electrons. The summed E-state index contributed by atoms with van der Waals surface area (Å²) in [5.74, 6) is 1.20. The molecule has 0 unspecified atom stereocenters. The number of halogens is 1. The van der Waals surface area contributed by atoms with Gasteiger partial charge in [-0.25, -0.2) is 14.4 Å². The number of rotatable bonds is 4. The van der Waals surface area contributed by atoms with Crippen LogP contribution in [0.2, 0.25) is 0 Å². The Balaban J connectivity index is 1.83. The third-order valence-electron chi connectivity index (χ3n) is 4.09. The zero-order chi connectivity index (χ0) is 16.2. The predicted molar refractivity (Wildman–Crippen MR) is 87.9 cm³/mol. The van der Waals surface area contributed by atoms with Crippen molar-refractivity contribution in [1.29, 1.82) is 0 Å². The summed E-state index contributed by atoms with van der Waals surface area (Å²) >= 11 is 0. The second kappa shape index (κ2) is 7.02. The lowest BCUT2D eigenvalue weighted by Crippen LogP contribution is -2.47. The van der Waals surface area contributed by atoms with Crippen molar-refractivity contribution in [2.75, 3.05) is 44.2 Å². The summed E-state index contributed by atoms with van der Waals surface area (Å²) in [4.78, 5) is 13.3. The Labute approximate surface area is 135 Å². The van der Waals surface area contributed by atoms with Crippen molar-refractivity contribution < 1.29 is 9.50 Å². The summed E-state index contributed by atoms with van der Waals surface area (Å²) in [7, 11) is 0. The second-order valence-electron chi connectivity index (χ2n) is 5.69. The molecule has 0 amide bonds. The molecule has 1 aliphatic rings. The molecule has 5 nitrogen and oxygen atoms in total. The smallest absolute Gasteiger partial charge is 0.132 e. The van der Waals surface area contributed by atoms with Gasteiger partial charge in [-0.05, 0) is 19.1 Å². The largest absolute Gasteiger partial charge is 0.395 e. The maximum atomic E-state index is 14.0. The molecule has 2 aromatic rings. The van der Waals surface area contributed by atoms with E-state index in [0.717, 1.165) is 32.0 Å². The fourth-order valence-corrected chi connectivity index (χ4v) is 2.86. The van der Waals surface area contributed by atoms with E-state index in [9.17, 15) is 4.39 Å². The molecule has 0 aliphatic carbocycles. The highest BCUT2D eigenvalue weighted by atomic mass is 19.1. The van der Waals surface area contributed by atoms with Gasteiger partial charge in [0.15, 0.2) is 0 Å². The number of piperazine rings is 1. The van der Waals surface area contributed by atoms with Crippen LogP contribution in [-0.2, 0) is 0 Å². The van der Waals surface area contributed by atoms with Crippen LogP contribution in [0, 0.1) is 12.7 Å². The molecule has 3 rings (SSSR count). The number of aliphatic hydroxyl groups is 1. The zero-order valence-electron chi connectivity index (χ0n) is 13.2. The lowest BCUT2D eigenvalue weighted by Gasteiger charge is -2.35. The molecular formula is C17H21FN4O. The van der Waals surface area contributed by atoms with Gasteiger partial charge >= 0.3 is 0 Å². The van der Waals surface area contributed by atoms with Crippen LogP contribution >= 0.6 is 0 Å². The van der Waals surface area contributed by atoms with Crippen LogP contribution < -0.4 is 4.90 Å². The summed E-state index contributed by atoms with van der Waals surface area (Å²) < 4.78 is 14.0. The highest BCUT2D eigenvalue weighted by Crippen LogP contribution is 2.24. The lowest BCUT2D eigenvalue weighted by atomic mass is 10.1. The van der Waals surface area contributed by atoms with Gasteiger partial charge in [-0.1, -0.05) is 12.1 Å². The maximum absolute atomic E-state index is 14.0. The van der Waals surface area contributed by atoms with E-state index in [4.69, 9.17) is 5.11 Å². The SMILES string of the molecule is Cc1nc(-c2ccccc2F)cc(N2CCN(CCO)CC2)n1. The van der Waals surface area contributed by atoms with Crippen LogP contribution in [0.15, 0.2) is 30.3 Å². The molecular weight excluding hydrogens is 295 g/mol. The van der Waals surface area contributed by atoms with Gasteiger partial charge in [0.2, 0.25) is 0 Å². The molecule has 1 saturated heterocycles. The van der Waals surface area contributed by atoms with E-state index in [1.54, 1.807) is 12.1 Å². The van der Waals surface area contributed by atoms with Gasteiger partial charge in [-0.3, -0.25) is 4.90 Å². The Kier molecular flexibility index (Phi) is 4.83. The van der Waals surface area contributed by atoms with Crippen LogP contribution in [-0.4, -0.2) is 59.3 Å². The molecule has 6 heteroatoms. The van der Waals surface area contributed by atoms with E-state index in [1.165, 1.54) is 6.07 Å². The number of anilines is 1. The van der Waals surface area contributed by atoms with Crippen molar-refractivity contribution in [3.8, 4) is 11.3 Å². The molecule has 0 bridgehead atoms. The van der Waals surface area contributed by atoms with Crippen LogP contribution in [0.4, 0.5) is 10.2 Å². The summed E-state index contributed by atoms with van der Waals surface area (Å²) in [6.07, 6.45) is 0. The third-order valence-corrected chi connectivity index (χ3v) is 4.09. The fourth-order valence-electron chi connectivity index (χ4n) is 2.86. The van der Waals surface area contributed by atoms with Crippen LogP contribution in [0.5, 0.6) is 0 Å². The summed E-state index contributed by atoms with van der Waals surface area (Å²) in [6, 6.07) is 8.52. The molecule has 2 heterocycles. The topological polar surface area (TPSA) is 52.5 Å². The van der Waals surface area contributed by atoms with Gasteiger partial charge in [0, 0.05) is 44.4 Å². The number of hydrogen-bond acceptors (Lipinski definition) is 5. The minimum Gasteiger partial charge on any atom is -0.395 e. The normalized spacial score (nSPS) is 15.9. The molecule has 1 aliphatic heterocycles. The van der Waals surface area contributed by atoms with E-state index in [-0.39, 0.29) is 12.4 Å². The molecule has 1 aromatic heterocycles. The van der Waals surface area contributed by atoms with E-state index in [2.05, 4.69) is 19.8 Å². The monoisotopic (exact) mass is 316 g/mol. The molecule has 0 spiro atoms. The van der Waals surface area contributed by atoms with E-state index in [1.807, 2.05) is 19.1 Å². The van der Waals surface area contributed by atoms with Gasteiger partial charge in [0.1, 0.15) is 17.5 Å². The Morgan fingerprint density at radius 2 is 1.87 bits per heavy atom. The number of nitrogens with zero attached hydrogens (tertiary/aromatic N) is 4. The Bertz CT molecular complexity index is 671. The first kappa shape index (κ1) is 15.8. The minimum atomic E-state index is -0.274. The van der Waals surface area contributed by atoms with E-state index >= 15 is 0 Å². The number of benzene rings is 1. The van der Waals surface area contributed by atoms with Crippen LogP contribution in [0.25, 0.3) is 11.3 Å². The number of hydrogen-bond donors (Lipinski definition) is 1. The average Bonchev–Trinajstić information content (AvgIpc) is 2.56. The first-order valence-electron chi connectivity index (χ1n) is 7.86. The quantitative estimate of drug-likeness (QED) is 0.930. The Morgan fingerprint density at radius 1 is 1.13 bits per heavy atom. The minimum absolute atomic E-state index is 0.185. The van der Waals surface area contributed by atoms with E-state index < -0.39 is 0 Å². The highest BCUT2D eigenvalue weighted by molar-refractivity contribution is 5.63. The predicted octanol–water partition coefficient (Wildman–Crippen LogP) is 1.71. The van der Waals surface area contributed by atoms with Gasteiger partial charge in [-0.15, -0.1) is 0 Å². The first-order valence-corrected chi connectivity index (χ1v) is 7.86. The highest BCUT2D eigenvalue weighted by Gasteiger charge is 2.19. The average molecular weight is 316 g/mol. The Hall–Kier alpha value is -2.05. The number of aryl methyl sites for hydroxylation is 1. The molecule has 122 valence electrons. The summed E-state index contributed by atoms with van der Waals surface area (Å²) in [5.41, 5.74) is 1.11. The third kappa shape index (κ3) is 3.65. The van der Waals surface area contributed by atoms with Gasteiger partial charge in [0.25, 0.3) is 0 Å². The van der Waals surface area contributed by atoms with Crippen molar-refractivity contribution in [2.24, 2.45) is 0 Å². The Morgan fingerprint density at radius 3 is 2.57 bits per heavy atom. The fraction of sp³-hybridized carbons (Fsp3) is 0.412. The van der Waals surface area contributed by atoms with Crippen molar-refractivity contribution in [3.05, 3.63) is 42.0 Å². The summed E-state index contributed by atoms with van der Waals surface area (Å²) in [5, 5.41) is 9.01. The van der Waals surface area contributed by atoms with Crippen molar-refractivity contribution in [2.45, 2.75) is 6.92 Å². The molecule has 1 aromatic carbocycles. The zero-order valence-corrected chi connectivity index (χ0v) is 13.2. The van der Waals surface area contributed by atoms with Gasteiger partial charge < -0.3 is 10.0 Å². The molecule has 1 fully saturated rings. The molecule has 1 N–H and O–H groups in total. The number of β-amino-alcohol motifs (C(OH)–C–C–N with tert-alkyl or cyclic N) is 1. The van der Waals surface area contributed by atoms with Gasteiger partial charge in [-0.2, -0.15) is 0 Å². The molecule has 23 heavy (non-hydrogen) atoms. The van der Waals surface area contributed by atoms with Gasteiger partial charge in [0.05, 0.1) is 12.3 Å².